The highest BCUT2D eigenvalue weighted by molar-refractivity contribution is 5.81. The van der Waals surface area contributed by atoms with Gasteiger partial charge in [0.2, 0.25) is 0 Å². The Kier molecular flexibility index (Phi) is 3.48. The average Bonchev–Trinajstić information content (AvgIpc) is 3.07. The second-order valence-electron chi connectivity index (χ2n) is 5.34. The Morgan fingerprint density at radius 2 is 1.92 bits per heavy atom. The first-order chi connectivity index (χ1) is 12.0. The van der Waals surface area contributed by atoms with Gasteiger partial charge < -0.3 is 5.32 Å². The molecule has 6 nitrogen and oxygen atoms in total. The van der Waals surface area contributed by atoms with Crippen molar-refractivity contribution in [1.29, 1.82) is 0 Å². The summed E-state index contributed by atoms with van der Waals surface area (Å²) in [6.45, 7) is 0.282. The molecule has 0 radical (unpaired) electrons. The molecule has 0 atom stereocenters. The molecule has 1 N–H and O–H groups in total. The second kappa shape index (κ2) is 5.69. The second-order valence-corrected chi connectivity index (χ2v) is 5.34. The molecule has 9 heteroatoms. The zero-order valence-electron chi connectivity index (χ0n) is 12.7. The first-order valence-electron chi connectivity index (χ1n) is 7.37. The van der Waals surface area contributed by atoms with Crippen LogP contribution in [0.1, 0.15) is 11.3 Å². The quantitative estimate of drug-likeness (QED) is 0.618. The van der Waals surface area contributed by atoms with Gasteiger partial charge in [-0.25, -0.2) is 4.98 Å². The Hall–Kier alpha value is -3.23. The third-order valence-corrected chi connectivity index (χ3v) is 3.72. The number of hydrogen-bond donors (Lipinski definition) is 1. The predicted molar refractivity (Wildman–Crippen MR) is 84.9 cm³/mol. The monoisotopic (exact) mass is 344 g/mol. The van der Waals surface area contributed by atoms with Crippen molar-refractivity contribution < 1.29 is 13.2 Å². The molecule has 126 valence electrons. The van der Waals surface area contributed by atoms with E-state index in [0.717, 1.165) is 28.9 Å². The molecule has 4 aromatic rings. The molecule has 0 aliphatic heterocycles. The van der Waals surface area contributed by atoms with Crippen molar-refractivity contribution in [3.05, 3.63) is 60.2 Å². The zero-order valence-corrected chi connectivity index (χ0v) is 12.7. The van der Waals surface area contributed by atoms with Crippen molar-refractivity contribution in [2.45, 2.75) is 12.7 Å². The van der Waals surface area contributed by atoms with Crippen molar-refractivity contribution in [2.24, 2.45) is 0 Å². The van der Waals surface area contributed by atoms with Crippen LogP contribution in [0.15, 0.2) is 48.9 Å². The van der Waals surface area contributed by atoms with E-state index in [0.29, 0.717) is 0 Å². The van der Waals surface area contributed by atoms with Crippen LogP contribution in [-0.2, 0) is 12.7 Å². The summed E-state index contributed by atoms with van der Waals surface area (Å²) in [6, 6.07) is 10.3. The van der Waals surface area contributed by atoms with Gasteiger partial charge in [-0.05, 0) is 11.6 Å². The minimum atomic E-state index is -4.56. The van der Waals surface area contributed by atoms with E-state index in [9.17, 15) is 13.2 Å². The summed E-state index contributed by atoms with van der Waals surface area (Å²) in [4.78, 5) is 11.6. The average molecular weight is 344 g/mol. The first kappa shape index (κ1) is 15.3. The third-order valence-electron chi connectivity index (χ3n) is 3.72. The fourth-order valence-electron chi connectivity index (χ4n) is 2.58. The van der Waals surface area contributed by atoms with E-state index in [1.807, 2.05) is 30.3 Å². The van der Waals surface area contributed by atoms with Crippen LogP contribution in [-0.4, -0.2) is 24.6 Å². The van der Waals surface area contributed by atoms with Gasteiger partial charge in [-0.15, -0.1) is 0 Å². The Morgan fingerprint density at radius 1 is 1.08 bits per heavy atom. The van der Waals surface area contributed by atoms with Gasteiger partial charge in [0.25, 0.3) is 5.78 Å². The predicted octanol–water partition coefficient (Wildman–Crippen LogP) is 3.30. The molecule has 0 unspecified atom stereocenters. The van der Waals surface area contributed by atoms with E-state index in [2.05, 4.69) is 25.4 Å². The maximum absolute atomic E-state index is 13.0. The van der Waals surface area contributed by atoms with Crippen LogP contribution >= 0.6 is 0 Å². The van der Waals surface area contributed by atoms with E-state index >= 15 is 0 Å². The summed E-state index contributed by atoms with van der Waals surface area (Å²) >= 11 is 0. The molecule has 25 heavy (non-hydrogen) atoms. The number of benzene rings is 1. The number of rotatable bonds is 3. The molecule has 3 aromatic heterocycles. The molecule has 0 saturated heterocycles. The topological polar surface area (TPSA) is 68.0 Å². The molecule has 0 aliphatic carbocycles. The molecule has 0 fully saturated rings. The summed E-state index contributed by atoms with van der Waals surface area (Å²) in [7, 11) is 0. The normalized spacial score (nSPS) is 12.0. The molecular weight excluding hydrogens is 333 g/mol. The standard InChI is InChI=1S/C16H11F3N6/c17-16(18,19)12-7-13(25-15(24-12)22-9-23-25)21-8-11-4-1-3-10-5-2-6-20-14(10)11/h1-7,9,21H,8H2. The van der Waals surface area contributed by atoms with Crippen LogP contribution in [0.3, 0.4) is 0 Å². The van der Waals surface area contributed by atoms with E-state index < -0.39 is 11.9 Å². The summed E-state index contributed by atoms with van der Waals surface area (Å²) in [5.41, 5.74) is 0.626. The van der Waals surface area contributed by atoms with Crippen molar-refractivity contribution >= 4 is 22.5 Å². The van der Waals surface area contributed by atoms with Crippen LogP contribution in [0.2, 0.25) is 0 Å². The number of fused-ring (bicyclic) bond motifs is 2. The lowest BCUT2D eigenvalue weighted by Crippen LogP contribution is -2.13. The number of aromatic nitrogens is 5. The van der Waals surface area contributed by atoms with Gasteiger partial charge in [0.15, 0.2) is 5.69 Å². The lowest BCUT2D eigenvalue weighted by Gasteiger charge is -2.12. The smallest absolute Gasteiger partial charge is 0.366 e. The number of hydrogen-bond acceptors (Lipinski definition) is 5. The molecular formula is C16H11F3N6. The molecule has 0 spiro atoms. The highest BCUT2D eigenvalue weighted by Crippen LogP contribution is 2.29. The minimum Gasteiger partial charge on any atom is -0.366 e. The molecule has 4 rings (SSSR count). The first-order valence-corrected chi connectivity index (χ1v) is 7.37. The number of nitrogens with zero attached hydrogens (tertiary/aromatic N) is 5. The Bertz CT molecular complexity index is 1050. The highest BCUT2D eigenvalue weighted by Gasteiger charge is 2.34. The summed E-state index contributed by atoms with van der Waals surface area (Å²) in [5.74, 6) is 0.0381. The third kappa shape index (κ3) is 2.84. The molecule has 0 amide bonds. The van der Waals surface area contributed by atoms with Gasteiger partial charge in [-0.1, -0.05) is 24.3 Å². The maximum Gasteiger partial charge on any atom is 0.433 e. The number of pyridine rings is 1. The van der Waals surface area contributed by atoms with Crippen LogP contribution in [0, 0.1) is 0 Å². The lowest BCUT2D eigenvalue weighted by atomic mass is 10.1. The van der Waals surface area contributed by atoms with Crippen molar-refractivity contribution in [1.82, 2.24) is 24.6 Å². The van der Waals surface area contributed by atoms with Gasteiger partial charge in [0, 0.05) is 24.2 Å². The molecule has 1 aromatic carbocycles. The lowest BCUT2D eigenvalue weighted by molar-refractivity contribution is -0.141. The van der Waals surface area contributed by atoms with E-state index in [1.165, 1.54) is 4.52 Å². The number of anilines is 1. The van der Waals surface area contributed by atoms with Gasteiger partial charge in [0.05, 0.1) is 5.52 Å². The summed E-state index contributed by atoms with van der Waals surface area (Å²) in [6.07, 6.45) is -1.73. The minimum absolute atomic E-state index is 0.117. The SMILES string of the molecule is FC(F)(F)c1cc(NCc2cccc3cccnc23)n2ncnc2n1. The number of alkyl halides is 3. The Balaban J connectivity index is 1.72. The Morgan fingerprint density at radius 3 is 2.76 bits per heavy atom. The zero-order chi connectivity index (χ0) is 17.4. The summed E-state index contributed by atoms with van der Waals surface area (Å²) in [5, 5.41) is 7.85. The maximum atomic E-state index is 13.0. The van der Waals surface area contributed by atoms with E-state index in [4.69, 9.17) is 0 Å². The Labute approximate surface area is 139 Å². The highest BCUT2D eigenvalue weighted by atomic mass is 19.4. The van der Waals surface area contributed by atoms with E-state index in [1.54, 1.807) is 6.20 Å². The van der Waals surface area contributed by atoms with E-state index in [-0.39, 0.29) is 18.1 Å². The molecule has 3 heterocycles. The molecule has 0 bridgehead atoms. The van der Waals surface area contributed by atoms with Crippen molar-refractivity contribution in [2.75, 3.05) is 5.32 Å². The number of nitrogens with one attached hydrogen (secondary N) is 1. The van der Waals surface area contributed by atoms with Gasteiger partial charge in [-0.2, -0.15) is 27.8 Å². The van der Waals surface area contributed by atoms with Crippen LogP contribution in [0.4, 0.5) is 19.0 Å². The fraction of sp³-hybridized carbons (Fsp3) is 0.125. The van der Waals surface area contributed by atoms with Gasteiger partial charge in [-0.3, -0.25) is 4.98 Å². The number of halogens is 3. The van der Waals surface area contributed by atoms with Crippen molar-refractivity contribution in [3.8, 4) is 0 Å². The number of para-hydroxylation sites is 1. The van der Waals surface area contributed by atoms with Crippen LogP contribution in [0.5, 0.6) is 0 Å². The largest absolute Gasteiger partial charge is 0.433 e. The van der Waals surface area contributed by atoms with Crippen molar-refractivity contribution in [3.63, 3.8) is 0 Å². The van der Waals surface area contributed by atoms with Gasteiger partial charge in [0.1, 0.15) is 12.1 Å². The molecule has 0 saturated carbocycles. The van der Waals surface area contributed by atoms with Gasteiger partial charge >= 0.3 is 6.18 Å². The van der Waals surface area contributed by atoms with Crippen LogP contribution < -0.4 is 5.32 Å². The molecule has 0 aliphatic rings. The van der Waals surface area contributed by atoms with Crippen LogP contribution in [0.25, 0.3) is 16.7 Å². The summed E-state index contributed by atoms with van der Waals surface area (Å²) < 4.78 is 40.3. The fourth-order valence-corrected chi connectivity index (χ4v) is 2.58.